The molecule has 2 N–H and O–H groups in total. The fraction of sp³-hybridized carbons (Fsp3) is 0.143. The molecule has 0 saturated carbocycles. The Balaban J connectivity index is 1.79. The van der Waals surface area contributed by atoms with Gasteiger partial charge in [0, 0.05) is 17.4 Å². The third kappa shape index (κ3) is 4.47. The first-order valence-electron chi connectivity index (χ1n) is 8.56. The van der Waals surface area contributed by atoms with Crippen molar-refractivity contribution < 1.29 is 4.79 Å². The van der Waals surface area contributed by atoms with Gasteiger partial charge in [-0.2, -0.15) is 5.26 Å². The van der Waals surface area contributed by atoms with E-state index in [4.69, 9.17) is 5.26 Å². The summed E-state index contributed by atoms with van der Waals surface area (Å²) < 4.78 is 0. The minimum atomic E-state index is -0.368. The van der Waals surface area contributed by atoms with Crippen molar-refractivity contribution in [3.63, 3.8) is 0 Å². The molecule has 0 saturated heterocycles. The number of carbonyl (C=O) groups excluding carboxylic acids is 1. The molecule has 0 radical (unpaired) electrons. The molecule has 3 aromatic rings. The third-order valence-electron chi connectivity index (χ3n) is 3.99. The first-order valence-corrected chi connectivity index (χ1v) is 8.56. The van der Waals surface area contributed by atoms with Crippen LogP contribution in [0.1, 0.15) is 41.4 Å². The van der Waals surface area contributed by atoms with Crippen LogP contribution in [-0.4, -0.2) is 15.9 Å². The fourth-order valence-electron chi connectivity index (χ4n) is 2.66. The van der Waals surface area contributed by atoms with E-state index in [2.05, 4.69) is 40.5 Å². The summed E-state index contributed by atoms with van der Waals surface area (Å²) in [4.78, 5) is 20.7. The van der Waals surface area contributed by atoms with Crippen molar-refractivity contribution in [2.24, 2.45) is 0 Å². The summed E-state index contributed by atoms with van der Waals surface area (Å²) in [6, 6.07) is 18.3. The Hall–Kier alpha value is -3.72. The average molecular weight is 357 g/mol. The first-order chi connectivity index (χ1) is 13.1. The molecule has 0 spiro atoms. The fourth-order valence-corrected chi connectivity index (χ4v) is 2.66. The molecule has 134 valence electrons. The number of nitrogens with one attached hydrogen (secondary N) is 2. The van der Waals surface area contributed by atoms with Gasteiger partial charge in [-0.3, -0.25) is 4.79 Å². The summed E-state index contributed by atoms with van der Waals surface area (Å²) in [5, 5.41) is 15.0. The molecule has 27 heavy (non-hydrogen) atoms. The summed E-state index contributed by atoms with van der Waals surface area (Å²) in [7, 11) is 0. The molecule has 2 aromatic carbocycles. The maximum absolute atomic E-state index is 12.5. The lowest BCUT2D eigenvalue weighted by Crippen LogP contribution is -2.14. The Bertz CT molecular complexity index is 1010. The second-order valence-corrected chi connectivity index (χ2v) is 6.30. The number of nitriles is 1. The summed E-state index contributed by atoms with van der Waals surface area (Å²) in [6.07, 6.45) is 1.35. The van der Waals surface area contributed by atoms with E-state index in [0.29, 0.717) is 23.0 Å². The van der Waals surface area contributed by atoms with Crippen LogP contribution in [0.25, 0.3) is 0 Å². The van der Waals surface area contributed by atoms with E-state index in [1.165, 1.54) is 6.33 Å². The van der Waals surface area contributed by atoms with Crippen molar-refractivity contribution in [1.82, 2.24) is 9.97 Å². The average Bonchev–Trinajstić information content (AvgIpc) is 2.68. The number of carbonyl (C=O) groups is 1. The molecule has 0 bridgehead atoms. The van der Waals surface area contributed by atoms with Gasteiger partial charge in [0.25, 0.3) is 5.91 Å². The molecule has 1 heterocycles. The lowest BCUT2D eigenvalue weighted by Gasteiger charge is -2.14. The van der Waals surface area contributed by atoms with Crippen LogP contribution in [-0.2, 0) is 0 Å². The lowest BCUT2D eigenvalue weighted by atomic mass is 10.0. The predicted octanol–water partition coefficient (Wildman–Crippen LogP) is 4.47. The van der Waals surface area contributed by atoms with Gasteiger partial charge in [-0.25, -0.2) is 9.97 Å². The van der Waals surface area contributed by atoms with E-state index in [1.807, 2.05) is 24.3 Å². The topological polar surface area (TPSA) is 90.7 Å². The lowest BCUT2D eigenvalue weighted by molar-refractivity contribution is 0.102. The van der Waals surface area contributed by atoms with Crippen molar-refractivity contribution >= 4 is 23.1 Å². The van der Waals surface area contributed by atoms with Gasteiger partial charge >= 0.3 is 0 Å². The van der Waals surface area contributed by atoms with Gasteiger partial charge < -0.3 is 10.6 Å². The highest BCUT2D eigenvalue weighted by Crippen LogP contribution is 2.26. The van der Waals surface area contributed by atoms with Crippen molar-refractivity contribution in [3.05, 3.63) is 77.7 Å². The standard InChI is InChI=1S/C21H19N5O/c1-14(2)17-8-3-4-9-18(17)26-20-11-19(23-13-24-20)21(27)25-16-7-5-6-15(10-16)12-22/h3-11,13-14H,1-2H3,(H,25,27)(H,23,24,26). The predicted molar refractivity (Wildman–Crippen MR) is 105 cm³/mol. The second kappa shape index (κ2) is 8.11. The Morgan fingerprint density at radius 3 is 2.67 bits per heavy atom. The molecule has 0 fully saturated rings. The Labute approximate surface area is 157 Å². The van der Waals surface area contributed by atoms with E-state index >= 15 is 0 Å². The van der Waals surface area contributed by atoms with Gasteiger partial charge in [-0.1, -0.05) is 38.1 Å². The minimum absolute atomic E-state index is 0.233. The zero-order chi connectivity index (χ0) is 19.2. The van der Waals surface area contributed by atoms with Crippen LogP contribution in [0, 0.1) is 11.3 Å². The van der Waals surface area contributed by atoms with Crippen LogP contribution in [0.15, 0.2) is 60.9 Å². The number of benzene rings is 2. The molecule has 6 heteroatoms. The molecule has 0 unspecified atom stereocenters. The Morgan fingerprint density at radius 2 is 1.89 bits per heavy atom. The van der Waals surface area contributed by atoms with Crippen LogP contribution in [0.3, 0.4) is 0 Å². The zero-order valence-corrected chi connectivity index (χ0v) is 15.1. The Kier molecular flexibility index (Phi) is 5.43. The third-order valence-corrected chi connectivity index (χ3v) is 3.99. The molecule has 0 aliphatic rings. The highest BCUT2D eigenvalue weighted by molar-refractivity contribution is 6.03. The molecule has 3 rings (SSSR count). The molecular weight excluding hydrogens is 338 g/mol. The summed E-state index contributed by atoms with van der Waals surface area (Å²) in [5.41, 5.74) is 3.35. The van der Waals surface area contributed by atoms with Gasteiger partial charge in [0.1, 0.15) is 17.8 Å². The number of nitrogens with zero attached hydrogens (tertiary/aromatic N) is 3. The number of hydrogen-bond donors (Lipinski definition) is 2. The van der Waals surface area contributed by atoms with Crippen molar-refractivity contribution in [2.45, 2.75) is 19.8 Å². The number of amides is 1. The van der Waals surface area contributed by atoms with Crippen LogP contribution < -0.4 is 10.6 Å². The van der Waals surface area contributed by atoms with E-state index in [1.54, 1.807) is 30.3 Å². The van der Waals surface area contributed by atoms with Gasteiger partial charge in [0.05, 0.1) is 11.6 Å². The van der Waals surface area contributed by atoms with Crippen molar-refractivity contribution in [3.8, 4) is 6.07 Å². The molecule has 6 nitrogen and oxygen atoms in total. The number of hydrogen-bond acceptors (Lipinski definition) is 5. The van der Waals surface area contributed by atoms with Crippen LogP contribution in [0.4, 0.5) is 17.2 Å². The zero-order valence-electron chi connectivity index (χ0n) is 15.1. The van der Waals surface area contributed by atoms with E-state index in [9.17, 15) is 4.79 Å². The van der Waals surface area contributed by atoms with Gasteiger partial charge in [-0.05, 0) is 35.7 Å². The SMILES string of the molecule is CC(C)c1ccccc1Nc1cc(C(=O)Nc2cccc(C#N)c2)ncn1. The van der Waals surface area contributed by atoms with Crippen LogP contribution in [0.2, 0.25) is 0 Å². The number of anilines is 3. The smallest absolute Gasteiger partial charge is 0.274 e. The Morgan fingerprint density at radius 1 is 1.07 bits per heavy atom. The quantitative estimate of drug-likeness (QED) is 0.703. The highest BCUT2D eigenvalue weighted by atomic mass is 16.1. The largest absolute Gasteiger partial charge is 0.340 e. The van der Waals surface area contributed by atoms with Crippen LogP contribution >= 0.6 is 0 Å². The maximum Gasteiger partial charge on any atom is 0.274 e. The van der Waals surface area contributed by atoms with Crippen molar-refractivity contribution in [1.29, 1.82) is 5.26 Å². The molecule has 0 aliphatic heterocycles. The van der Waals surface area contributed by atoms with E-state index < -0.39 is 0 Å². The van der Waals surface area contributed by atoms with Crippen molar-refractivity contribution in [2.75, 3.05) is 10.6 Å². The highest BCUT2D eigenvalue weighted by Gasteiger charge is 2.11. The molecule has 0 aliphatic carbocycles. The van der Waals surface area contributed by atoms with Crippen LogP contribution in [0.5, 0.6) is 0 Å². The first kappa shape index (κ1) is 18.1. The van der Waals surface area contributed by atoms with Gasteiger partial charge in [0.15, 0.2) is 0 Å². The molecule has 0 atom stereocenters. The molecule has 1 amide bonds. The number of para-hydroxylation sites is 1. The second-order valence-electron chi connectivity index (χ2n) is 6.30. The van der Waals surface area contributed by atoms with Gasteiger partial charge in [-0.15, -0.1) is 0 Å². The number of rotatable bonds is 5. The van der Waals surface area contributed by atoms with E-state index in [0.717, 1.165) is 11.3 Å². The monoisotopic (exact) mass is 357 g/mol. The normalized spacial score (nSPS) is 10.3. The van der Waals surface area contributed by atoms with E-state index in [-0.39, 0.29) is 11.6 Å². The summed E-state index contributed by atoms with van der Waals surface area (Å²) in [6.45, 7) is 4.24. The molecular formula is C21H19N5O. The summed E-state index contributed by atoms with van der Waals surface area (Å²) >= 11 is 0. The summed E-state index contributed by atoms with van der Waals surface area (Å²) in [5.74, 6) is 0.521. The van der Waals surface area contributed by atoms with Gasteiger partial charge in [0.2, 0.25) is 0 Å². The molecule has 1 aromatic heterocycles. The maximum atomic E-state index is 12.5. The number of aromatic nitrogens is 2. The minimum Gasteiger partial charge on any atom is -0.340 e.